The molecule has 1 heterocycles. The fraction of sp³-hybridized carbons (Fsp3) is 0.0909. The van der Waals surface area contributed by atoms with Crippen molar-refractivity contribution in [3.8, 4) is 17.1 Å². The molecule has 0 saturated carbocycles. The van der Waals surface area contributed by atoms with Gasteiger partial charge in [-0.05, 0) is 66.2 Å². The number of rotatable bonds is 7. The second-order valence-corrected chi connectivity index (χ2v) is 8.97. The lowest BCUT2D eigenvalue weighted by atomic mass is 10.2. The molecular formula is C22H18ClFN4O3S. The van der Waals surface area contributed by atoms with E-state index in [9.17, 15) is 12.8 Å². The van der Waals surface area contributed by atoms with Crippen LogP contribution in [0.25, 0.3) is 11.4 Å². The third-order valence-electron chi connectivity index (χ3n) is 4.63. The lowest BCUT2D eigenvalue weighted by Crippen LogP contribution is -2.18. The smallest absolute Gasteiger partial charge is 0.286 e. The summed E-state index contributed by atoms with van der Waals surface area (Å²) in [6.07, 6.45) is 0. The topological polar surface area (TPSA) is 86.1 Å². The van der Waals surface area contributed by atoms with Crippen LogP contribution >= 0.6 is 11.6 Å². The van der Waals surface area contributed by atoms with E-state index >= 15 is 0 Å². The molecule has 0 fully saturated rings. The Labute approximate surface area is 189 Å². The molecule has 0 bridgehead atoms. The molecular weight excluding hydrogens is 455 g/mol. The first-order valence-electron chi connectivity index (χ1n) is 9.48. The van der Waals surface area contributed by atoms with Gasteiger partial charge in [0.25, 0.3) is 10.0 Å². The quantitative estimate of drug-likeness (QED) is 0.423. The maximum Gasteiger partial charge on any atom is 0.286 e. The Morgan fingerprint density at radius 2 is 1.66 bits per heavy atom. The lowest BCUT2D eigenvalue weighted by Gasteiger charge is -2.09. The Morgan fingerprint density at radius 3 is 2.28 bits per heavy atom. The number of benzene rings is 3. The molecule has 0 radical (unpaired) electrons. The predicted molar refractivity (Wildman–Crippen MR) is 120 cm³/mol. The van der Waals surface area contributed by atoms with Crippen molar-refractivity contribution in [1.82, 2.24) is 14.2 Å². The van der Waals surface area contributed by atoms with Crippen LogP contribution in [-0.4, -0.2) is 29.7 Å². The molecule has 1 N–H and O–H groups in total. The van der Waals surface area contributed by atoms with Gasteiger partial charge < -0.3 is 10.1 Å². The normalized spacial score (nSPS) is 11.3. The summed E-state index contributed by atoms with van der Waals surface area (Å²) in [6.45, 7) is 0.219. The zero-order chi connectivity index (χ0) is 22.7. The summed E-state index contributed by atoms with van der Waals surface area (Å²) in [5.74, 6) is 0.530. The first kappa shape index (κ1) is 21.8. The van der Waals surface area contributed by atoms with Gasteiger partial charge in [0.15, 0.2) is 5.82 Å². The van der Waals surface area contributed by atoms with Crippen LogP contribution in [0.15, 0.2) is 77.7 Å². The van der Waals surface area contributed by atoms with E-state index in [0.29, 0.717) is 16.3 Å². The van der Waals surface area contributed by atoms with Gasteiger partial charge in [-0.3, -0.25) is 0 Å². The number of nitrogens with one attached hydrogen (secondary N) is 1. The minimum Gasteiger partial charge on any atom is -0.497 e. The lowest BCUT2D eigenvalue weighted by molar-refractivity contribution is 0.415. The average Bonchev–Trinajstić information content (AvgIpc) is 3.24. The van der Waals surface area contributed by atoms with E-state index in [2.05, 4.69) is 15.4 Å². The van der Waals surface area contributed by atoms with Crippen molar-refractivity contribution in [2.24, 2.45) is 0 Å². The van der Waals surface area contributed by atoms with Crippen LogP contribution < -0.4 is 10.1 Å². The highest BCUT2D eigenvalue weighted by Gasteiger charge is 2.24. The van der Waals surface area contributed by atoms with E-state index in [1.807, 2.05) is 0 Å². The van der Waals surface area contributed by atoms with Crippen molar-refractivity contribution in [2.75, 3.05) is 12.4 Å². The Bertz CT molecular complexity index is 1320. The molecule has 0 aliphatic heterocycles. The molecule has 10 heteroatoms. The summed E-state index contributed by atoms with van der Waals surface area (Å²) >= 11 is 5.90. The number of ether oxygens (including phenoxy) is 1. The molecule has 0 spiro atoms. The number of hydrogen-bond donors (Lipinski definition) is 1. The summed E-state index contributed by atoms with van der Waals surface area (Å²) in [5.41, 5.74) is 1.36. The van der Waals surface area contributed by atoms with E-state index in [4.69, 9.17) is 16.3 Å². The standard InChI is InChI=1S/C22H18ClFN4O3S/c1-31-19-10-4-16(5-11-19)21-26-22(25-14-15-2-8-18(24)9-3-15)28(27-21)32(29,30)20-12-6-17(23)7-13-20/h2-13H,14H2,1H3,(H,25,26,27). The molecule has 3 aromatic carbocycles. The molecule has 164 valence electrons. The summed E-state index contributed by atoms with van der Waals surface area (Å²) in [5, 5.41) is 7.65. The first-order valence-corrected chi connectivity index (χ1v) is 11.3. The molecule has 0 aliphatic rings. The molecule has 0 atom stereocenters. The zero-order valence-corrected chi connectivity index (χ0v) is 18.4. The minimum atomic E-state index is -4.06. The first-order chi connectivity index (χ1) is 15.4. The van der Waals surface area contributed by atoms with Crippen LogP contribution in [0.1, 0.15) is 5.56 Å². The van der Waals surface area contributed by atoms with Crippen LogP contribution in [-0.2, 0) is 16.6 Å². The van der Waals surface area contributed by atoms with E-state index in [-0.39, 0.29) is 29.0 Å². The minimum absolute atomic E-state index is 0.0120. The van der Waals surface area contributed by atoms with Crippen molar-refractivity contribution in [3.63, 3.8) is 0 Å². The Balaban J connectivity index is 1.74. The molecule has 0 aliphatic carbocycles. The average molecular weight is 473 g/mol. The van der Waals surface area contributed by atoms with Crippen LogP contribution in [0.2, 0.25) is 5.02 Å². The summed E-state index contributed by atoms with van der Waals surface area (Å²) < 4.78 is 45.7. The van der Waals surface area contributed by atoms with Crippen LogP contribution in [0.5, 0.6) is 5.75 Å². The van der Waals surface area contributed by atoms with Crippen LogP contribution in [0.3, 0.4) is 0 Å². The van der Waals surface area contributed by atoms with Gasteiger partial charge in [0.1, 0.15) is 11.6 Å². The van der Waals surface area contributed by atoms with Crippen molar-refractivity contribution in [2.45, 2.75) is 11.4 Å². The summed E-state index contributed by atoms with van der Waals surface area (Å²) in [4.78, 5) is 4.41. The van der Waals surface area contributed by atoms with Gasteiger partial charge in [-0.2, -0.15) is 13.4 Å². The summed E-state index contributed by atoms with van der Waals surface area (Å²) in [7, 11) is -2.51. The van der Waals surface area contributed by atoms with E-state index in [1.165, 1.54) is 36.4 Å². The monoisotopic (exact) mass is 472 g/mol. The zero-order valence-electron chi connectivity index (χ0n) is 16.9. The molecule has 32 heavy (non-hydrogen) atoms. The highest BCUT2D eigenvalue weighted by molar-refractivity contribution is 7.90. The van der Waals surface area contributed by atoms with E-state index < -0.39 is 10.0 Å². The number of hydrogen-bond acceptors (Lipinski definition) is 6. The SMILES string of the molecule is COc1ccc(-c2nc(NCc3ccc(F)cc3)n(S(=O)(=O)c3ccc(Cl)cc3)n2)cc1. The number of nitrogens with zero attached hydrogens (tertiary/aromatic N) is 3. The van der Waals surface area contributed by atoms with Gasteiger partial charge in [-0.15, -0.1) is 9.19 Å². The number of aromatic nitrogens is 3. The Morgan fingerprint density at radius 1 is 1.00 bits per heavy atom. The van der Waals surface area contributed by atoms with Crippen molar-refractivity contribution >= 4 is 27.6 Å². The molecule has 4 aromatic rings. The van der Waals surface area contributed by atoms with E-state index in [0.717, 1.165) is 9.65 Å². The largest absolute Gasteiger partial charge is 0.497 e. The second-order valence-electron chi connectivity index (χ2n) is 6.77. The van der Waals surface area contributed by atoms with Crippen molar-refractivity contribution in [1.29, 1.82) is 0 Å². The fourth-order valence-electron chi connectivity index (χ4n) is 2.93. The highest BCUT2D eigenvalue weighted by Crippen LogP contribution is 2.25. The summed E-state index contributed by atoms with van der Waals surface area (Å²) in [6, 6.07) is 18.6. The molecule has 0 unspecified atom stereocenters. The third-order valence-corrected chi connectivity index (χ3v) is 6.46. The van der Waals surface area contributed by atoms with Gasteiger partial charge in [0, 0.05) is 17.1 Å². The maximum absolute atomic E-state index is 13.3. The Kier molecular flexibility index (Phi) is 6.11. The highest BCUT2D eigenvalue weighted by atomic mass is 35.5. The van der Waals surface area contributed by atoms with Crippen LogP contribution in [0, 0.1) is 5.82 Å². The molecule has 4 rings (SSSR count). The number of methoxy groups -OCH3 is 1. The van der Waals surface area contributed by atoms with Crippen LogP contribution in [0.4, 0.5) is 10.3 Å². The second kappa shape index (κ2) is 8.97. The van der Waals surface area contributed by atoms with Gasteiger partial charge in [0.05, 0.1) is 12.0 Å². The molecule has 7 nitrogen and oxygen atoms in total. The van der Waals surface area contributed by atoms with E-state index in [1.54, 1.807) is 43.5 Å². The molecule has 0 amide bonds. The van der Waals surface area contributed by atoms with Crippen molar-refractivity contribution < 1.29 is 17.5 Å². The van der Waals surface area contributed by atoms with Crippen molar-refractivity contribution in [3.05, 3.63) is 89.2 Å². The number of halogens is 2. The van der Waals surface area contributed by atoms with Gasteiger partial charge >= 0.3 is 0 Å². The fourth-order valence-corrected chi connectivity index (χ4v) is 4.25. The predicted octanol–water partition coefficient (Wildman–Crippen LogP) is 4.60. The maximum atomic E-state index is 13.3. The molecule has 1 aromatic heterocycles. The van der Waals surface area contributed by atoms with Gasteiger partial charge in [0.2, 0.25) is 5.95 Å². The molecule has 0 saturated heterocycles. The van der Waals surface area contributed by atoms with Gasteiger partial charge in [-0.1, -0.05) is 23.7 Å². The number of anilines is 1. The third kappa shape index (κ3) is 4.58. The Hall–Kier alpha value is -3.43. The van der Waals surface area contributed by atoms with Gasteiger partial charge in [-0.25, -0.2) is 4.39 Å².